The minimum absolute atomic E-state index is 0.140. The third-order valence-electron chi connectivity index (χ3n) is 6.31. The van der Waals surface area contributed by atoms with Gasteiger partial charge in [0.05, 0.1) is 31.2 Å². The van der Waals surface area contributed by atoms with Crippen LogP contribution in [-0.4, -0.2) is 43.8 Å². The maximum atomic E-state index is 14.1. The molecule has 7 nitrogen and oxygen atoms in total. The first-order chi connectivity index (χ1) is 20.1. The van der Waals surface area contributed by atoms with Crippen LogP contribution in [0.5, 0.6) is 0 Å². The highest BCUT2D eigenvalue weighted by Crippen LogP contribution is 2.37. The molecule has 3 aromatic rings. The van der Waals surface area contributed by atoms with Gasteiger partial charge in [0.25, 0.3) is 10.0 Å². The minimum Gasteiger partial charge on any atom is -0.352 e. The van der Waals surface area contributed by atoms with Crippen LogP contribution in [0, 0.1) is 0 Å². The lowest BCUT2D eigenvalue weighted by molar-refractivity contribution is -0.140. The van der Waals surface area contributed by atoms with E-state index in [1.807, 2.05) is 0 Å². The summed E-state index contributed by atoms with van der Waals surface area (Å²) in [5.41, 5.74) is -1.24. The molecule has 1 N–H and O–H groups in total. The zero-order valence-electron chi connectivity index (χ0n) is 23.3. The van der Waals surface area contributed by atoms with Gasteiger partial charge < -0.3 is 10.2 Å². The highest BCUT2D eigenvalue weighted by Gasteiger charge is 2.37. The maximum Gasteiger partial charge on any atom is 0.416 e. The molecule has 1 unspecified atom stereocenters. The van der Waals surface area contributed by atoms with Crippen molar-refractivity contribution in [1.29, 1.82) is 0 Å². The molecular weight excluding hydrogens is 650 g/mol. The predicted octanol–water partition coefficient (Wildman–Crippen LogP) is 7.19. The van der Waals surface area contributed by atoms with E-state index in [9.17, 15) is 31.2 Å². The van der Waals surface area contributed by atoms with Crippen LogP contribution in [0.4, 0.5) is 18.9 Å². The number of nitrogens with one attached hydrogen (secondary N) is 1. The third kappa shape index (κ3) is 8.56. The van der Waals surface area contributed by atoms with Gasteiger partial charge in [-0.15, -0.1) is 0 Å². The Kier molecular flexibility index (Phi) is 11.4. The van der Waals surface area contributed by atoms with Gasteiger partial charge in [0.15, 0.2) is 0 Å². The largest absolute Gasteiger partial charge is 0.416 e. The number of carbonyl (C=O) groups excluding carboxylic acids is 2. The smallest absolute Gasteiger partial charge is 0.352 e. The Morgan fingerprint density at radius 1 is 0.907 bits per heavy atom. The van der Waals surface area contributed by atoms with E-state index in [1.165, 1.54) is 36.4 Å². The van der Waals surface area contributed by atoms with Crippen molar-refractivity contribution in [3.63, 3.8) is 0 Å². The standard InChI is InChI=1S/C29H29Cl3F3N3O4S/c1-4-25(28(40)36-18(2)3)37(16-19-10-12-22(30)24(32)14-19)27(39)17-38(43(41,42)21-8-6-5-7-9-21)26-15-20(29(33,34)35)11-13-23(26)31/h5-15,18,25H,4,16-17H2,1-3H3,(H,36,40). The Morgan fingerprint density at radius 3 is 2.09 bits per heavy atom. The second kappa shape index (κ2) is 14.2. The number of hydrogen-bond donors (Lipinski definition) is 1. The van der Waals surface area contributed by atoms with Gasteiger partial charge >= 0.3 is 6.18 Å². The number of sulfonamides is 1. The van der Waals surface area contributed by atoms with Crippen molar-refractivity contribution in [2.24, 2.45) is 0 Å². The summed E-state index contributed by atoms with van der Waals surface area (Å²) in [6.45, 7) is 3.99. The van der Waals surface area contributed by atoms with Crippen LogP contribution in [0.15, 0.2) is 71.6 Å². The van der Waals surface area contributed by atoms with Crippen molar-refractivity contribution in [1.82, 2.24) is 10.2 Å². The van der Waals surface area contributed by atoms with Crippen LogP contribution in [0.2, 0.25) is 15.1 Å². The van der Waals surface area contributed by atoms with E-state index in [1.54, 1.807) is 32.9 Å². The van der Waals surface area contributed by atoms with Crippen LogP contribution in [0.3, 0.4) is 0 Å². The Bertz CT molecular complexity index is 1570. The first-order valence-corrected chi connectivity index (χ1v) is 15.6. The van der Waals surface area contributed by atoms with Gasteiger partial charge in [0.2, 0.25) is 11.8 Å². The van der Waals surface area contributed by atoms with Gasteiger partial charge in [-0.2, -0.15) is 13.2 Å². The summed E-state index contributed by atoms with van der Waals surface area (Å²) >= 11 is 18.5. The molecule has 0 radical (unpaired) electrons. The molecular formula is C29H29Cl3F3N3O4S. The summed E-state index contributed by atoms with van der Waals surface area (Å²) < 4.78 is 69.3. The van der Waals surface area contributed by atoms with Crippen molar-refractivity contribution in [3.8, 4) is 0 Å². The number of nitrogens with zero attached hydrogens (tertiary/aromatic N) is 2. The van der Waals surface area contributed by atoms with Gasteiger partial charge in [0.1, 0.15) is 12.6 Å². The zero-order chi connectivity index (χ0) is 32.1. The lowest BCUT2D eigenvalue weighted by Crippen LogP contribution is -2.53. The Morgan fingerprint density at radius 2 is 1.53 bits per heavy atom. The number of halogens is 6. The molecule has 0 fully saturated rings. The molecule has 2 amide bonds. The number of alkyl halides is 3. The van der Waals surface area contributed by atoms with Crippen molar-refractivity contribution in [2.45, 2.75) is 56.9 Å². The lowest BCUT2D eigenvalue weighted by Gasteiger charge is -2.34. The number of benzene rings is 3. The normalized spacial score (nSPS) is 12.6. The van der Waals surface area contributed by atoms with E-state index in [4.69, 9.17) is 34.8 Å². The monoisotopic (exact) mass is 677 g/mol. The summed E-state index contributed by atoms with van der Waals surface area (Å²) in [5.74, 6) is -1.37. The average molecular weight is 679 g/mol. The molecule has 0 aliphatic rings. The molecule has 3 rings (SSSR count). The van der Waals surface area contributed by atoms with Crippen LogP contribution in [0.25, 0.3) is 0 Å². The highest BCUT2D eigenvalue weighted by molar-refractivity contribution is 7.92. The van der Waals surface area contributed by atoms with Gasteiger partial charge in [0, 0.05) is 12.6 Å². The summed E-state index contributed by atoms with van der Waals surface area (Å²) in [5, 5.41) is 2.87. The molecule has 0 saturated carbocycles. The molecule has 0 aromatic heterocycles. The number of carbonyl (C=O) groups is 2. The maximum absolute atomic E-state index is 14.1. The summed E-state index contributed by atoms with van der Waals surface area (Å²) in [6.07, 6.45) is -4.69. The fourth-order valence-electron chi connectivity index (χ4n) is 4.25. The van der Waals surface area contributed by atoms with Crippen LogP contribution >= 0.6 is 34.8 Å². The highest BCUT2D eigenvalue weighted by atomic mass is 35.5. The summed E-state index contributed by atoms with van der Waals surface area (Å²) in [4.78, 5) is 28.1. The number of hydrogen-bond acceptors (Lipinski definition) is 4. The molecule has 1 atom stereocenters. The molecule has 0 aliphatic heterocycles. The molecule has 0 saturated heterocycles. The first-order valence-electron chi connectivity index (χ1n) is 13.0. The van der Waals surface area contributed by atoms with Crippen LogP contribution < -0.4 is 9.62 Å². The molecule has 43 heavy (non-hydrogen) atoms. The molecule has 0 spiro atoms. The Hall–Kier alpha value is -2.99. The molecule has 0 bridgehead atoms. The average Bonchev–Trinajstić information content (AvgIpc) is 2.93. The second-order valence-corrected chi connectivity index (χ2v) is 12.9. The van der Waals surface area contributed by atoms with E-state index >= 15 is 0 Å². The van der Waals surface area contributed by atoms with E-state index in [0.717, 1.165) is 11.0 Å². The third-order valence-corrected chi connectivity index (χ3v) is 9.14. The van der Waals surface area contributed by atoms with Gasteiger partial charge in [-0.3, -0.25) is 13.9 Å². The fraction of sp³-hybridized carbons (Fsp3) is 0.310. The molecule has 14 heteroatoms. The van der Waals surface area contributed by atoms with Gasteiger partial charge in [-0.25, -0.2) is 8.42 Å². The SMILES string of the molecule is CCC(C(=O)NC(C)C)N(Cc1ccc(Cl)c(Cl)c1)C(=O)CN(c1cc(C(F)(F)F)ccc1Cl)S(=O)(=O)c1ccccc1. The Balaban J connectivity index is 2.17. The lowest BCUT2D eigenvalue weighted by atomic mass is 10.1. The number of rotatable bonds is 11. The molecule has 232 valence electrons. The van der Waals surface area contributed by atoms with E-state index < -0.39 is 51.9 Å². The summed E-state index contributed by atoms with van der Waals surface area (Å²) in [7, 11) is -4.63. The van der Waals surface area contributed by atoms with E-state index in [2.05, 4.69) is 5.32 Å². The predicted molar refractivity (Wildman–Crippen MR) is 162 cm³/mol. The second-order valence-electron chi connectivity index (χ2n) is 9.85. The van der Waals surface area contributed by atoms with Crippen molar-refractivity contribution < 1.29 is 31.2 Å². The van der Waals surface area contributed by atoms with Crippen LogP contribution in [0.1, 0.15) is 38.3 Å². The minimum atomic E-state index is -4.83. The number of anilines is 1. The zero-order valence-corrected chi connectivity index (χ0v) is 26.4. The summed E-state index contributed by atoms with van der Waals surface area (Å²) in [6, 6.07) is 12.4. The molecule has 3 aromatic carbocycles. The van der Waals surface area contributed by atoms with E-state index in [0.29, 0.717) is 22.0 Å². The van der Waals surface area contributed by atoms with Gasteiger partial charge in [-0.1, -0.05) is 66.0 Å². The van der Waals surface area contributed by atoms with Crippen molar-refractivity contribution >= 4 is 62.3 Å². The topological polar surface area (TPSA) is 86.8 Å². The Labute approximate surface area is 263 Å². The van der Waals surface area contributed by atoms with Crippen LogP contribution in [-0.2, 0) is 32.3 Å². The van der Waals surface area contributed by atoms with Crippen molar-refractivity contribution in [2.75, 3.05) is 10.8 Å². The fourth-order valence-corrected chi connectivity index (χ4v) is 6.28. The quantitative estimate of drug-likeness (QED) is 0.233. The molecule has 0 heterocycles. The van der Waals surface area contributed by atoms with E-state index in [-0.39, 0.29) is 39.0 Å². The first kappa shape index (κ1) is 34.5. The number of amides is 2. The molecule has 0 aliphatic carbocycles. The van der Waals surface area contributed by atoms with Gasteiger partial charge in [-0.05, 0) is 68.3 Å². The van der Waals surface area contributed by atoms with Crippen molar-refractivity contribution in [3.05, 3.63) is 92.9 Å².